The van der Waals surface area contributed by atoms with Gasteiger partial charge in [-0.1, -0.05) is 11.6 Å². The zero-order valence-electron chi connectivity index (χ0n) is 8.16. The largest absolute Gasteiger partial charge is 0.460 e. The van der Waals surface area contributed by atoms with Crippen molar-refractivity contribution in [3.8, 4) is 0 Å². The van der Waals surface area contributed by atoms with Crippen LogP contribution in [-0.4, -0.2) is 11.5 Å². The highest BCUT2D eigenvalue weighted by Gasteiger charge is 2.11. The van der Waals surface area contributed by atoms with E-state index in [1.165, 1.54) is 0 Å². The molecule has 4 heteroatoms. The number of hydrogen-bond donors (Lipinski definition) is 1. The summed E-state index contributed by atoms with van der Waals surface area (Å²) in [6.45, 7) is 2.27. The minimum atomic E-state index is -0.269. The Bertz CT molecular complexity index is 492. The van der Waals surface area contributed by atoms with E-state index in [1.807, 2.05) is 31.3 Å². The quantitative estimate of drug-likeness (QED) is 0.813. The van der Waals surface area contributed by atoms with E-state index in [1.54, 1.807) is 0 Å². The number of H-pyrrole nitrogens is 1. The molecule has 0 radical (unpaired) electrons. The molecule has 1 aromatic heterocycles. The highest BCUT2D eigenvalue weighted by molar-refractivity contribution is 6.31. The Kier molecular flexibility index (Phi) is 2.64. The lowest BCUT2D eigenvalue weighted by Crippen LogP contribution is -1.96. The van der Waals surface area contributed by atoms with Crippen molar-refractivity contribution in [1.82, 2.24) is 4.98 Å². The van der Waals surface area contributed by atoms with Crippen LogP contribution >= 0.6 is 11.6 Å². The SMILES string of the molecule is CC(OC=O)c1c[nH]c2ccc(Cl)cc12. The molecule has 0 saturated heterocycles. The van der Waals surface area contributed by atoms with Gasteiger partial charge in [0.1, 0.15) is 6.10 Å². The second-order valence-corrected chi connectivity index (χ2v) is 3.74. The van der Waals surface area contributed by atoms with Gasteiger partial charge in [-0.25, -0.2) is 0 Å². The second-order valence-electron chi connectivity index (χ2n) is 3.31. The Morgan fingerprint density at radius 1 is 1.53 bits per heavy atom. The first-order valence-corrected chi connectivity index (χ1v) is 4.96. The Labute approximate surface area is 92.0 Å². The summed E-state index contributed by atoms with van der Waals surface area (Å²) in [4.78, 5) is 13.4. The smallest absolute Gasteiger partial charge is 0.293 e. The van der Waals surface area contributed by atoms with Gasteiger partial charge in [0, 0.05) is 27.7 Å². The van der Waals surface area contributed by atoms with Gasteiger partial charge in [0.25, 0.3) is 6.47 Å². The summed E-state index contributed by atoms with van der Waals surface area (Å²) >= 11 is 5.91. The molecule has 0 fully saturated rings. The van der Waals surface area contributed by atoms with Crippen molar-refractivity contribution in [2.24, 2.45) is 0 Å². The van der Waals surface area contributed by atoms with Crippen molar-refractivity contribution in [2.45, 2.75) is 13.0 Å². The van der Waals surface area contributed by atoms with Crippen molar-refractivity contribution in [3.05, 3.63) is 35.0 Å². The van der Waals surface area contributed by atoms with Gasteiger partial charge in [0.15, 0.2) is 0 Å². The normalized spacial score (nSPS) is 12.7. The molecule has 0 aliphatic rings. The molecule has 0 bridgehead atoms. The van der Waals surface area contributed by atoms with Gasteiger partial charge >= 0.3 is 0 Å². The van der Waals surface area contributed by atoms with Crippen LogP contribution in [0.3, 0.4) is 0 Å². The molecule has 2 aromatic rings. The molecule has 0 spiro atoms. The van der Waals surface area contributed by atoms with Gasteiger partial charge in [-0.3, -0.25) is 4.79 Å². The number of carbonyl (C=O) groups is 1. The number of aromatic nitrogens is 1. The van der Waals surface area contributed by atoms with E-state index in [0.29, 0.717) is 11.5 Å². The van der Waals surface area contributed by atoms with Crippen LogP contribution in [0.15, 0.2) is 24.4 Å². The predicted molar refractivity (Wildman–Crippen MR) is 58.9 cm³/mol. The Balaban J connectivity index is 2.51. The number of carbonyl (C=O) groups excluding carboxylic acids is 1. The minimum Gasteiger partial charge on any atom is -0.460 e. The Morgan fingerprint density at radius 3 is 3.07 bits per heavy atom. The molecule has 0 aliphatic carbocycles. The van der Waals surface area contributed by atoms with Gasteiger partial charge in [0.2, 0.25) is 0 Å². The van der Waals surface area contributed by atoms with E-state index >= 15 is 0 Å². The maximum atomic E-state index is 10.3. The van der Waals surface area contributed by atoms with Crippen LogP contribution in [-0.2, 0) is 9.53 Å². The van der Waals surface area contributed by atoms with Gasteiger partial charge < -0.3 is 9.72 Å². The summed E-state index contributed by atoms with van der Waals surface area (Å²) in [5.41, 5.74) is 1.91. The fourth-order valence-electron chi connectivity index (χ4n) is 1.61. The Morgan fingerprint density at radius 2 is 2.33 bits per heavy atom. The number of benzene rings is 1. The highest BCUT2D eigenvalue weighted by Crippen LogP contribution is 2.27. The van der Waals surface area contributed by atoms with Crippen LogP contribution in [0.1, 0.15) is 18.6 Å². The number of hydrogen-bond acceptors (Lipinski definition) is 2. The van der Waals surface area contributed by atoms with Crippen molar-refractivity contribution >= 4 is 29.0 Å². The maximum absolute atomic E-state index is 10.3. The number of nitrogens with one attached hydrogen (secondary N) is 1. The van der Waals surface area contributed by atoms with E-state index in [0.717, 1.165) is 16.5 Å². The summed E-state index contributed by atoms with van der Waals surface area (Å²) in [7, 11) is 0. The lowest BCUT2D eigenvalue weighted by molar-refractivity contribution is -0.133. The molecule has 78 valence electrons. The van der Waals surface area contributed by atoms with Crippen molar-refractivity contribution < 1.29 is 9.53 Å². The zero-order valence-corrected chi connectivity index (χ0v) is 8.91. The monoisotopic (exact) mass is 223 g/mol. The molecule has 3 nitrogen and oxygen atoms in total. The fourth-order valence-corrected chi connectivity index (χ4v) is 1.78. The van der Waals surface area contributed by atoms with Crippen LogP contribution in [0.5, 0.6) is 0 Å². The molecular weight excluding hydrogens is 214 g/mol. The van der Waals surface area contributed by atoms with Gasteiger partial charge in [-0.2, -0.15) is 0 Å². The first kappa shape index (κ1) is 10.1. The number of aromatic amines is 1. The lowest BCUT2D eigenvalue weighted by Gasteiger charge is -2.07. The summed E-state index contributed by atoms with van der Waals surface area (Å²) < 4.78 is 4.89. The number of halogens is 1. The third kappa shape index (κ3) is 1.83. The van der Waals surface area contributed by atoms with E-state index in [9.17, 15) is 4.79 Å². The summed E-state index contributed by atoms with van der Waals surface area (Å²) in [6, 6.07) is 5.57. The summed E-state index contributed by atoms with van der Waals surface area (Å²) in [6.07, 6.45) is 1.56. The van der Waals surface area contributed by atoms with Crippen LogP contribution < -0.4 is 0 Å². The molecule has 1 aromatic carbocycles. The topological polar surface area (TPSA) is 42.1 Å². The van der Waals surface area contributed by atoms with Crippen LogP contribution in [0.4, 0.5) is 0 Å². The summed E-state index contributed by atoms with van der Waals surface area (Å²) in [5.74, 6) is 0. The maximum Gasteiger partial charge on any atom is 0.293 e. The van der Waals surface area contributed by atoms with Gasteiger partial charge in [-0.15, -0.1) is 0 Å². The van der Waals surface area contributed by atoms with E-state index in [2.05, 4.69) is 4.98 Å². The first-order valence-electron chi connectivity index (χ1n) is 4.58. The number of fused-ring (bicyclic) bond motifs is 1. The second kappa shape index (κ2) is 3.95. The van der Waals surface area contributed by atoms with E-state index < -0.39 is 0 Å². The van der Waals surface area contributed by atoms with Crippen LogP contribution in [0.2, 0.25) is 5.02 Å². The molecule has 1 N–H and O–H groups in total. The van der Waals surface area contributed by atoms with E-state index in [-0.39, 0.29) is 6.10 Å². The van der Waals surface area contributed by atoms with Crippen molar-refractivity contribution in [2.75, 3.05) is 0 Å². The van der Waals surface area contributed by atoms with Crippen LogP contribution in [0.25, 0.3) is 10.9 Å². The molecule has 1 unspecified atom stereocenters. The van der Waals surface area contributed by atoms with E-state index in [4.69, 9.17) is 16.3 Å². The zero-order chi connectivity index (χ0) is 10.8. The molecule has 0 aliphatic heterocycles. The van der Waals surface area contributed by atoms with Crippen molar-refractivity contribution in [1.29, 1.82) is 0 Å². The standard InChI is InChI=1S/C11H10ClNO2/c1-7(15-6-14)10-5-13-11-3-2-8(12)4-9(10)11/h2-7,13H,1H3. The average Bonchev–Trinajstić information content (AvgIpc) is 2.60. The molecular formula is C11H10ClNO2. The third-order valence-corrected chi connectivity index (χ3v) is 2.61. The minimum absolute atomic E-state index is 0.269. The predicted octanol–water partition coefficient (Wildman–Crippen LogP) is 3.06. The summed E-state index contributed by atoms with van der Waals surface area (Å²) in [5, 5.41) is 1.65. The number of ether oxygens (including phenoxy) is 1. The highest BCUT2D eigenvalue weighted by atomic mass is 35.5. The molecule has 1 atom stereocenters. The van der Waals surface area contributed by atoms with Gasteiger partial charge in [-0.05, 0) is 25.1 Å². The first-order chi connectivity index (χ1) is 7.22. The molecule has 2 rings (SSSR count). The third-order valence-electron chi connectivity index (χ3n) is 2.37. The van der Waals surface area contributed by atoms with Crippen LogP contribution in [0, 0.1) is 0 Å². The fraction of sp³-hybridized carbons (Fsp3) is 0.182. The molecule has 15 heavy (non-hydrogen) atoms. The number of rotatable bonds is 3. The average molecular weight is 224 g/mol. The molecule has 0 amide bonds. The van der Waals surface area contributed by atoms with Crippen molar-refractivity contribution in [3.63, 3.8) is 0 Å². The lowest BCUT2D eigenvalue weighted by atomic mass is 10.1. The molecule has 0 saturated carbocycles. The Hall–Kier alpha value is -1.48. The van der Waals surface area contributed by atoms with Gasteiger partial charge in [0.05, 0.1) is 0 Å². The molecule has 1 heterocycles.